The number of aliphatic hydroxyl groups excluding tert-OH is 1. The van der Waals surface area contributed by atoms with Crippen LogP contribution in [0.3, 0.4) is 0 Å². The maximum Gasteiger partial charge on any atom is 0.317 e. The fraction of sp³-hybridized carbons (Fsp3) is 0.562. The molecule has 0 spiro atoms. The second-order valence-corrected chi connectivity index (χ2v) is 5.58. The number of likely N-dealkylation sites (tertiary alicyclic amines) is 1. The van der Waals surface area contributed by atoms with E-state index in [0.717, 1.165) is 30.7 Å². The van der Waals surface area contributed by atoms with Crippen molar-refractivity contribution in [2.24, 2.45) is 5.92 Å². The molecule has 0 radical (unpaired) electrons. The van der Waals surface area contributed by atoms with Crippen LogP contribution in [0.4, 0.5) is 4.79 Å². The summed E-state index contributed by atoms with van der Waals surface area (Å²) in [5.74, 6) is 1.09. The van der Waals surface area contributed by atoms with E-state index in [1.807, 2.05) is 19.1 Å². The average Bonchev–Trinajstić information content (AvgIpc) is 2.96. The zero-order chi connectivity index (χ0) is 15.2. The van der Waals surface area contributed by atoms with Gasteiger partial charge in [-0.2, -0.15) is 0 Å². The number of amides is 2. The zero-order valence-corrected chi connectivity index (χ0v) is 12.8. The van der Waals surface area contributed by atoms with Gasteiger partial charge in [-0.1, -0.05) is 17.7 Å². The number of nitrogens with zero attached hydrogens (tertiary/aromatic N) is 1. The van der Waals surface area contributed by atoms with Gasteiger partial charge in [-0.3, -0.25) is 0 Å². The van der Waals surface area contributed by atoms with Crippen LogP contribution >= 0.6 is 0 Å². The number of ether oxygens (including phenoxy) is 1. The highest BCUT2D eigenvalue weighted by Crippen LogP contribution is 2.20. The van der Waals surface area contributed by atoms with Gasteiger partial charge in [0.25, 0.3) is 0 Å². The molecule has 1 atom stereocenters. The molecule has 1 heterocycles. The second kappa shape index (κ2) is 7.31. The van der Waals surface area contributed by atoms with Gasteiger partial charge in [0.1, 0.15) is 5.75 Å². The van der Waals surface area contributed by atoms with Gasteiger partial charge >= 0.3 is 6.03 Å². The van der Waals surface area contributed by atoms with Crippen LogP contribution in [-0.4, -0.2) is 49.4 Å². The first-order valence-electron chi connectivity index (χ1n) is 7.41. The molecule has 5 heteroatoms. The monoisotopic (exact) mass is 292 g/mol. The van der Waals surface area contributed by atoms with Crippen LogP contribution in [0.25, 0.3) is 0 Å². The first kappa shape index (κ1) is 15.6. The molecule has 1 aromatic carbocycles. The van der Waals surface area contributed by atoms with Crippen LogP contribution < -0.4 is 10.1 Å². The number of aliphatic hydroxyl groups is 1. The van der Waals surface area contributed by atoms with Gasteiger partial charge in [0.05, 0.1) is 7.11 Å². The molecule has 5 nitrogen and oxygen atoms in total. The normalized spacial score (nSPS) is 17.9. The summed E-state index contributed by atoms with van der Waals surface area (Å²) in [6.45, 7) is 4.16. The van der Waals surface area contributed by atoms with Crippen molar-refractivity contribution >= 4 is 6.03 Å². The Kier molecular flexibility index (Phi) is 5.44. The summed E-state index contributed by atoms with van der Waals surface area (Å²) < 4.78 is 5.34. The number of benzene rings is 1. The van der Waals surface area contributed by atoms with E-state index in [0.29, 0.717) is 13.1 Å². The van der Waals surface area contributed by atoms with E-state index < -0.39 is 0 Å². The molecule has 2 N–H and O–H groups in total. The molecule has 1 unspecified atom stereocenters. The molecule has 1 saturated heterocycles. The van der Waals surface area contributed by atoms with Gasteiger partial charge < -0.3 is 20.1 Å². The van der Waals surface area contributed by atoms with Gasteiger partial charge in [0.15, 0.2) is 0 Å². The largest absolute Gasteiger partial charge is 0.496 e. The molecule has 116 valence electrons. The molecule has 2 rings (SSSR count). The maximum atomic E-state index is 12.0. The van der Waals surface area contributed by atoms with Gasteiger partial charge in [-0.05, 0) is 31.4 Å². The van der Waals surface area contributed by atoms with Crippen molar-refractivity contribution < 1.29 is 14.6 Å². The highest BCUT2D eigenvalue weighted by molar-refractivity contribution is 5.74. The number of urea groups is 1. The lowest BCUT2D eigenvalue weighted by Gasteiger charge is -2.17. The Hall–Kier alpha value is -1.75. The van der Waals surface area contributed by atoms with Crippen molar-refractivity contribution in [3.63, 3.8) is 0 Å². The minimum absolute atomic E-state index is 0.0439. The van der Waals surface area contributed by atoms with Gasteiger partial charge in [0.2, 0.25) is 0 Å². The molecular formula is C16H24N2O3. The quantitative estimate of drug-likeness (QED) is 0.866. The van der Waals surface area contributed by atoms with Crippen molar-refractivity contribution in [1.29, 1.82) is 0 Å². The predicted octanol–water partition coefficient (Wildman–Crippen LogP) is 1.57. The summed E-state index contributed by atoms with van der Waals surface area (Å²) in [4.78, 5) is 13.8. The van der Waals surface area contributed by atoms with Gasteiger partial charge in [-0.25, -0.2) is 4.79 Å². The SMILES string of the molecule is COc1ccc(C)cc1CCNC(=O)N1CCC(CO)C1. The molecule has 2 amide bonds. The van der Waals surface area contributed by atoms with Crippen LogP contribution in [0.15, 0.2) is 18.2 Å². The van der Waals surface area contributed by atoms with E-state index in [-0.39, 0.29) is 18.6 Å². The molecule has 0 aromatic heterocycles. The van der Waals surface area contributed by atoms with Crippen molar-refractivity contribution in [3.8, 4) is 5.75 Å². The summed E-state index contributed by atoms with van der Waals surface area (Å²) in [7, 11) is 1.66. The first-order chi connectivity index (χ1) is 10.1. The molecule has 1 aliphatic rings. The maximum absolute atomic E-state index is 12.0. The summed E-state index contributed by atoms with van der Waals surface area (Å²) in [6.07, 6.45) is 1.63. The van der Waals surface area contributed by atoms with Crippen molar-refractivity contribution in [1.82, 2.24) is 10.2 Å². The molecule has 0 aliphatic carbocycles. The standard InChI is InChI=1S/C16H24N2O3/c1-12-3-4-15(21-2)14(9-12)5-7-17-16(20)18-8-6-13(10-18)11-19/h3-4,9,13,19H,5-8,10-11H2,1-2H3,(H,17,20). The van der Waals surface area contributed by atoms with E-state index in [1.54, 1.807) is 12.0 Å². The van der Waals surface area contributed by atoms with Crippen LogP contribution in [-0.2, 0) is 6.42 Å². The fourth-order valence-electron chi connectivity index (χ4n) is 2.68. The second-order valence-electron chi connectivity index (χ2n) is 5.58. The molecule has 0 bridgehead atoms. The molecule has 1 aliphatic heterocycles. The number of carbonyl (C=O) groups is 1. The Balaban J connectivity index is 1.82. The number of nitrogens with one attached hydrogen (secondary N) is 1. The highest BCUT2D eigenvalue weighted by atomic mass is 16.5. The van der Waals surface area contributed by atoms with E-state index >= 15 is 0 Å². The topological polar surface area (TPSA) is 61.8 Å². The van der Waals surface area contributed by atoms with E-state index in [4.69, 9.17) is 9.84 Å². The molecular weight excluding hydrogens is 268 g/mol. The first-order valence-corrected chi connectivity index (χ1v) is 7.41. The summed E-state index contributed by atoms with van der Waals surface area (Å²) in [5.41, 5.74) is 2.29. The summed E-state index contributed by atoms with van der Waals surface area (Å²) in [5, 5.41) is 12.0. The highest BCUT2D eigenvalue weighted by Gasteiger charge is 2.25. The lowest BCUT2D eigenvalue weighted by atomic mass is 10.1. The van der Waals surface area contributed by atoms with E-state index in [1.165, 1.54) is 5.56 Å². The van der Waals surface area contributed by atoms with Crippen LogP contribution in [0.2, 0.25) is 0 Å². The smallest absolute Gasteiger partial charge is 0.317 e. The van der Waals surface area contributed by atoms with E-state index in [9.17, 15) is 4.79 Å². The van der Waals surface area contributed by atoms with Crippen molar-refractivity contribution in [2.75, 3.05) is 33.4 Å². The lowest BCUT2D eigenvalue weighted by molar-refractivity contribution is 0.198. The Morgan fingerprint density at radius 1 is 1.52 bits per heavy atom. The molecule has 21 heavy (non-hydrogen) atoms. The fourth-order valence-corrected chi connectivity index (χ4v) is 2.68. The molecule has 1 fully saturated rings. The third-order valence-electron chi connectivity index (χ3n) is 3.94. The predicted molar refractivity (Wildman–Crippen MR) is 81.6 cm³/mol. The Bertz CT molecular complexity index is 490. The Labute approximate surface area is 125 Å². The number of hydrogen-bond donors (Lipinski definition) is 2. The number of methoxy groups -OCH3 is 1. The minimum atomic E-state index is -0.0439. The number of aryl methyl sites for hydroxylation is 1. The molecule has 1 aromatic rings. The van der Waals surface area contributed by atoms with Crippen molar-refractivity contribution in [2.45, 2.75) is 19.8 Å². The summed E-state index contributed by atoms with van der Waals surface area (Å²) in [6, 6.07) is 6.01. The van der Waals surface area contributed by atoms with Crippen LogP contribution in [0, 0.1) is 12.8 Å². The summed E-state index contributed by atoms with van der Waals surface area (Å²) >= 11 is 0. The van der Waals surface area contributed by atoms with Crippen LogP contribution in [0.5, 0.6) is 5.75 Å². The Morgan fingerprint density at radius 2 is 2.33 bits per heavy atom. The zero-order valence-electron chi connectivity index (χ0n) is 12.8. The third-order valence-corrected chi connectivity index (χ3v) is 3.94. The lowest BCUT2D eigenvalue weighted by Crippen LogP contribution is -2.39. The van der Waals surface area contributed by atoms with Crippen LogP contribution in [0.1, 0.15) is 17.5 Å². The number of rotatable bonds is 5. The minimum Gasteiger partial charge on any atom is -0.496 e. The Morgan fingerprint density at radius 3 is 3.00 bits per heavy atom. The van der Waals surface area contributed by atoms with E-state index in [2.05, 4.69) is 11.4 Å². The number of carbonyl (C=O) groups excluding carboxylic acids is 1. The average molecular weight is 292 g/mol. The van der Waals surface area contributed by atoms with Gasteiger partial charge in [-0.15, -0.1) is 0 Å². The molecule has 0 saturated carbocycles. The van der Waals surface area contributed by atoms with Crippen molar-refractivity contribution in [3.05, 3.63) is 29.3 Å². The van der Waals surface area contributed by atoms with Gasteiger partial charge in [0, 0.05) is 32.2 Å². The number of hydrogen-bond acceptors (Lipinski definition) is 3. The third kappa shape index (κ3) is 4.11.